The van der Waals surface area contributed by atoms with Gasteiger partial charge in [0.2, 0.25) is 11.8 Å². The van der Waals surface area contributed by atoms with Crippen molar-refractivity contribution in [3.8, 4) is 11.5 Å². The number of hydrogen-bond acceptors (Lipinski definition) is 5. The van der Waals surface area contributed by atoms with Crippen LogP contribution in [0.5, 0.6) is 0 Å². The molecule has 2 aromatic rings. The predicted molar refractivity (Wildman–Crippen MR) is 72.3 cm³/mol. The summed E-state index contributed by atoms with van der Waals surface area (Å²) >= 11 is 1.99. The fourth-order valence-electron chi connectivity index (χ4n) is 1.95. The molecule has 1 saturated heterocycles. The molecular formula is C13H15N3OS. The molecule has 0 amide bonds. The minimum atomic E-state index is 0.585. The lowest BCUT2D eigenvalue weighted by atomic mass is 10.2. The molecule has 1 aromatic carbocycles. The Morgan fingerprint density at radius 2 is 2.17 bits per heavy atom. The third kappa shape index (κ3) is 2.73. The Kier molecular flexibility index (Phi) is 3.61. The van der Waals surface area contributed by atoms with Crippen LogP contribution >= 0.6 is 11.8 Å². The molecular weight excluding hydrogens is 246 g/mol. The Morgan fingerprint density at radius 1 is 1.28 bits per heavy atom. The van der Waals surface area contributed by atoms with E-state index in [0.717, 1.165) is 5.56 Å². The zero-order valence-electron chi connectivity index (χ0n) is 10.0. The first kappa shape index (κ1) is 11.7. The Morgan fingerprint density at radius 3 is 2.94 bits per heavy atom. The van der Waals surface area contributed by atoms with Gasteiger partial charge in [-0.15, -0.1) is 10.2 Å². The molecule has 5 heteroatoms. The highest BCUT2D eigenvalue weighted by atomic mass is 32.2. The first-order valence-electron chi connectivity index (χ1n) is 6.11. The van der Waals surface area contributed by atoms with E-state index in [1.807, 2.05) is 42.1 Å². The summed E-state index contributed by atoms with van der Waals surface area (Å²) in [4.78, 5) is 0. The molecule has 0 radical (unpaired) electrons. The maximum atomic E-state index is 5.64. The van der Waals surface area contributed by atoms with Gasteiger partial charge in [0, 0.05) is 17.4 Å². The van der Waals surface area contributed by atoms with Crippen LogP contribution in [-0.2, 0) is 6.54 Å². The van der Waals surface area contributed by atoms with E-state index in [1.54, 1.807) is 0 Å². The lowest BCUT2D eigenvalue weighted by molar-refractivity contribution is 0.451. The Labute approximate surface area is 110 Å². The lowest BCUT2D eigenvalue weighted by Gasteiger charge is -2.07. The minimum absolute atomic E-state index is 0.585. The summed E-state index contributed by atoms with van der Waals surface area (Å²) in [6.45, 7) is 0.658. The highest BCUT2D eigenvalue weighted by molar-refractivity contribution is 7.99. The molecule has 1 fully saturated rings. The van der Waals surface area contributed by atoms with Crippen LogP contribution in [0, 0.1) is 0 Å². The summed E-state index contributed by atoms with van der Waals surface area (Å²) in [7, 11) is 0. The van der Waals surface area contributed by atoms with Crippen LogP contribution in [0.2, 0.25) is 0 Å². The van der Waals surface area contributed by atoms with Crippen LogP contribution in [0.1, 0.15) is 12.3 Å². The standard InChI is InChI=1S/C13H15N3OS/c1-2-4-10(5-3-1)13-16-15-12(17-13)8-14-11-6-7-18-9-11/h1-5,11,14H,6-9H2. The highest BCUT2D eigenvalue weighted by Gasteiger charge is 2.16. The van der Waals surface area contributed by atoms with Crippen LogP contribution in [0.15, 0.2) is 34.7 Å². The fourth-order valence-corrected chi connectivity index (χ4v) is 3.14. The molecule has 2 heterocycles. The van der Waals surface area contributed by atoms with Crippen LogP contribution in [-0.4, -0.2) is 27.7 Å². The van der Waals surface area contributed by atoms with Crippen LogP contribution < -0.4 is 5.32 Å². The van der Waals surface area contributed by atoms with E-state index >= 15 is 0 Å². The number of rotatable bonds is 4. The molecule has 1 N–H and O–H groups in total. The number of hydrogen-bond donors (Lipinski definition) is 1. The van der Waals surface area contributed by atoms with Gasteiger partial charge in [-0.2, -0.15) is 11.8 Å². The molecule has 4 nitrogen and oxygen atoms in total. The summed E-state index contributed by atoms with van der Waals surface area (Å²) in [6, 6.07) is 10.4. The molecule has 0 saturated carbocycles. The van der Waals surface area contributed by atoms with Gasteiger partial charge in [-0.25, -0.2) is 0 Å². The quantitative estimate of drug-likeness (QED) is 0.915. The van der Waals surface area contributed by atoms with Gasteiger partial charge in [-0.1, -0.05) is 18.2 Å². The van der Waals surface area contributed by atoms with Gasteiger partial charge >= 0.3 is 0 Å². The van der Waals surface area contributed by atoms with E-state index < -0.39 is 0 Å². The normalized spacial score (nSPS) is 19.2. The average Bonchev–Trinajstić information content (AvgIpc) is 3.09. The van der Waals surface area contributed by atoms with Crippen molar-refractivity contribution in [2.45, 2.75) is 19.0 Å². The summed E-state index contributed by atoms with van der Waals surface area (Å²) in [6.07, 6.45) is 1.23. The van der Waals surface area contributed by atoms with E-state index in [1.165, 1.54) is 17.9 Å². The Hall–Kier alpha value is -1.33. The second-order valence-electron chi connectivity index (χ2n) is 4.31. The summed E-state index contributed by atoms with van der Waals surface area (Å²) in [5, 5.41) is 11.6. The molecule has 1 unspecified atom stereocenters. The third-order valence-corrected chi connectivity index (χ3v) is 4.12. The fraction of sp³-hybridized carbons (Fsp3) is 0.385. The molecule has 0 aliphatic carbocycles. The summed E-state index contributed by atoms with van der Waals surface area (Å²) in [5.41, 5.74) is 0.965. The van der Waals surface area contributed by atoms with E-state index in [9.17, 15) is 0 Å². The number of aromatic nitrogens is 2. The number of nitrogens with zero attached hydrogens (tertiary/aromatic N) is 2. The van der Waals surface area contributed by atoms with E-state index in [0.29, 0.717) is 24.4 Å². The van der Waals surface area contributed by atoms with Crippen LogP contribution in [0.4, 0.5) is 0 Å². The van der Waals surface area contributed by atoms with Crippen LogP contribution in [0.25, 0.3) is 11.5 Å². The van der Waals surface area contributed by atoms with Crippen molar-refractivity contribution in [1.29, 1.82) is 0 Å². The van der Waals surface area contributed by atoms with Crippen molar-refractivity contribution >= 4 is 11.8 Å². The van der Waals surface area contributed by atoms with Crippen molar-refractivity contribution in [2.24, 2.45) is 0 Å². The molecule has 1 atom stereocenters. The molecule has 0 spiro atoms. The first-order valence-corrected chi connectivity index (χ1v) is 7.26. The smallest absolute Gasteiger partial charge is 0.247 e. The summed E-state index contributed by atoms with van der Waals surface area (Å²) < 4.78 is 5.64. The first-order chi connectivity index (χ1) is 8.92. The van der Waals surface area contributed by atoms with E-state index in [-0.39, 0.29) is 0 Å². The van der Waals surface area contributed by atoms with Gasteiger partial charge in [-0.3, -0.25) is 0 Å². The monoisotopic (exact) mass is 261 g/mol. The molecule has 94 valence electrons. The van der Waals surface area contributed by atoms with Gasteiger partial charge in [0.05, 0.1) is 6.54 Å². The minimum Gasteiger partial charge on any atom is -0.419 e. The van der Waals surface area contributed by atoms with Crippen molar-refractivity contribution in [1.82, 2.24) is 15.5 Å². The van der Waals surface area contributed by atoms with Crippen molar-refractivity contribution in [3.63, 3.8) is 0 Å². The molecule has 3 rings (SSSR count). The molecule has 1 aliphatic rings. The average molecular weight is 261 g/mol. The second-order valence-corrected chi connectivity index (χ2v) is 5.46. The number of nitrogens with one attached hydrogen (secondary N) is 1. The predicted octanol–water partition coefficient (Wildman–Crippen LogP) is 2.33. The largest absolute Gasteiger partial charge is 0.419 e. The zero-order valence-corrected chi connectivity index (χ0v) is 10.8. The molecule has 1 aromatic heterocycles. The third-order valence-electron chi connectivity index (χ3n) is 2.96. The topological polar surface area (TPSA) is 51.0 Å². The molecule has 18 heavy (non-hydrogen) atoms. The lowest BCUT2D eigenvalue weighted by Crippen LogP contribution is -2.28. The van der Waals surface area contributed by atoms with Crippen molar-refractivity contribution in [3.05, 3.63) is 36.2 Å². The second kappa shape index (κ2) is 5.54. The maximum absolute atomic E-state index is 5.64. The zero-order chi connectivity index (χ0) is 12.2. The molecule has 0 bridgehead atoms. The Balaban J connectivity index is 1.63. The van der Waals surface area contributed by atoms with Crippen molar-refractivity contribution < 1.29 is 4.42 Å². The van der Waals surface area contributed by atoms with Crippen LogP contribution in [0.3, 0.4) is 0 Å². The van der Waals surface area contributed by atoms with Gasteiger partial charge < -0.3 is 9.73 Å². The van der Waals surface area contributed by atoms with Gasteiger partial charge in [0.1, 0.15) is 0 Å². The number of thioether (sulfide) groups is 1. The van der Waals surface area contributed by atoms with Gasteiger partial charge in [0.25, 0.3) is 0 Å². The van der Waals surface area contributed by atoms with Crippen molar-refractivity contribution in [2.75, 3.05) is 11.5 Å². The van der Waals surface area contributed by atoms with Gasteiger partial charge in [0.15, 0.2) is 0 Å². The van der Waals surface area contributed by atoms with E-state index in [4.69, 9.17) is 4.42 Å². The maximum Gasteiger partial charge on any atom is 0.247 e. The SMILES string of the molecule is c1ccc(-c2nnc(CNC3CCSC3)o2)cc1. The van der Waals surface area contributed by atoms with Gasteiger partial charge in [-0.05, 0) is 24.3 Å². The van der Waals surface area contributed by atoms with E-state index in [2.05, 4.69) is 15.5 Å². The summed E-state index contributed by atoms with van der Waals surface area (Å²) in [5.74, 6) is 3.68. The highest BCUT2D eigenvalue weighted by Crippen LogP contribution is 2.19. The molecule has 1 aliphatic heterocycles. The number of benzene rings is 1. The Bertz CT molecular complexity index is 494.